The molecule has 0 aliphatic carbocycles. The molecule has 0 aromatic rings. The fraction of sp³-hybridized carbons (Fsp3) is 0.667. The van der Waals surface area contributed by atoms with Crippen LogP contribution < -0.4 is 0 Å². The first kappa shape index (κ1) is 18.8. The minimum Gasteiger partial charge on any atom is -0.352 e. The Hall–Kier alpha value is -0.190. The van der Waals surface area contributed by atoms with Crippen molar-refractivity contribution >= 4 is 67.5 Å². The molecule has 0 radical (unpaired) electrons. The van der Waals surface area contributed by atoms with E-state index in [4.69, 9.17) is 12.5 Å². The molecule has 10 heteroatoms. The fourth-order valence-corrected chi connectivity index (χ4v) is 2.15. The summed E-state index contributed by atoms with van der Waals surface area (Å²) in [5.41, 5.74) is 0. The summed E-state index contributed by atoms with van der Waals surface area (Å²) in [7, 11) is 0. The van der Waals surface area contributed by atoms with Crippen LogP contribution >= 0.6 is 49.6 Å². The molecule has 112 valence electrons. The van der Waals surface area contributed by atoms with Gasteiger partial charge in [0.05, 0.1) is 19.3 Å². The number of carbonyl (C=O) groups excluding carboxylic acids is 3. The Kier molecular flexibility index (Phi) is 11.5. The Labute approximate surface area is 131 Å². The van der Waals surface area contributed by atoms with Crippen LogP contribution in [0.1, 0.15) is 19.3 Å². The first-order valence-corrected chi connectivity index (χ1v) is 8.27. The molecule has 0 spiro atoms. The van der Waals surface area contributed by atoms with Gasteiger partial charge < -0.3 is 12.5 Å². The Morgan fingerprint density at radius 3 is 1.16 bits per heavy atom. The second-order valence-electron chi connectivity index (χ2n) is 3.03. The van der Waals surface area contributed by atoms with E-state index < -0.39 is 29.6 Å². The first-order chi connectivity index (χ1) is 9.03. The van der Waals surface area contributed by atoms with Gasteiger partial charge in [-0.15, -0.1) is 0 Å². The molecule has 0 bridgehead atoms. The number of carbonyl (C=O) groups is 3. The average molecular weight is 348 g/mol. The standard InChI is InChI=1S/C9H16O6S4/c10-7(1-4-16)13-19(14-8(11)2-5-17)15-9(12)3-6-18/h16-19H,1-6H2. The lowest BCUT2D eigenvalue weighted by Crippen LogP contribution is -2.14. The van der Waals surface area contributed by atoms with Crippen molar-refractivity contribution in [2.75, 3.05) is 17.3 Å². The Balaban J connectivity index is 4.40. The molecule has 0 aliphatic heterocycles. The third-order valence-electron chi connectivity index (χ3n) is 1.48. The van der Waals surface area contributed by atoms with Gasteiger partial charge in [-0.05, 0) is 0 Å². The van der Waals surface area contributed by atoms with E-state index in [9.17, 15) is 14.4 Å². The second-order valence-corrected chi connectivity index (χ2v) is 5.37. The largest absolute Gasteiger partial charge is 0.352 e. The summed E-state index contributed by atoms with van der Waals surface area (Å²) in [5, 5.41) is 0. The fourth-order valence-electron chi connectivity index (χ4n) is 0.716. The molecule has 19 heavy (non-hydrogen) atoms. The minimum atomic E-state index is -2.36. The maximum Gasteiger partial charge on any atom is 0.322 e. The van der Waals surface area contributed by atoms with Gasteiger partial charge in [0.1, 0.15) is 0 Å². The van der Waals surface area contributed by atoms with Gasteiger partial charge in [-0.3, -0.25) is 14.4 Å². The summed E-state index contributed by atoms with van der Waals surface area (Å²) in [6.45, 7) is 0. The van der Waals surface area contributed by atoms with Crippen molar-refractivity contribution in [1.29, 1.82) is 0 Å². The van der Waals surface area contributed by atoms with Gasteiger partial charge in [0, 0.05) is 17.3 Å². The predicted molar refractivity (Wildman–Crippen MR) is 82.7 cm³/mol. The molecule has 0 aliphatic rings. The molecule has 0 unspecified atom stereocenters. The van der Waals surface area contributed by atoms with Crippen LogP contribution in [0.2, 0.25) is 0 Å². The van der Waals surface area contributed by atoms with Crippen molar-refractivity contribution in [2.24, 2.45) is 0 Å². The molecule has 0 rings (SSSR count). The number of thiol groups is 4. The molecule has 0 saturated carbocycles. The summed E-state index contributed by atoms with van der Waals surface area (Å²) in [5.74, 6) is -1.14. The van der Waals surface area contributed by atoms with Crippen LogP contribution in [0.4, 0.5) is 0 Å². The van der Waals surface area contributed by atoms with Crippen LogP contribution in [-0.4, -0.2) is 35.2 Å². The molecule has 0 aromatic heterocycles. The van der Waals surface area contributed by atoms with Crippen LogP contribution in [0.3, 0.4) is 0 Å². The number of rotatable bonds is 9. The normalized spacial score (nSPS) is 10.6. The van der Waals surface area contributed by atoms with E-state index in [1.165, 1.54) is 0 Å². The minimum absolute atomic E-state index is 0.0240. The summed E-state index contributed by atoms with van der Waals surface area (Å²) in [6.07, 6.45) is 0.0720. The Bertz CT molecular complexity index is 264. The zero-order valence-corrected chi connectivity index (χ0v) is 13.6. The van der Waals surface area contributed by atoms with Crippen LogP contribution in [0, 0.1) is 0 Å². The molecular formula is C9H16O6S4. The first-order valence-electron chi connectivity index (χ1n) is 5.28. The zero-order chi connectivity index (χ0) is 14.7. The van der Waals surface area contributed by atoms with Crippen LogP contribution in [0.25, 0.3) is 0 Å². The zero-order valence-electron chi connectivity index (χ0n) is 9.98. The highest BCUT2D eigenvalue weighted by atomic mass is 32.3. The van der Waals surface area contributed by atoms with Gasteiger partial charge in [-0.1, -0.05) is 0 Å². The van der Waals surface area contributed by atoms with Crippen molar-refractivity contribution in [1.82, 2.24) is 0 Å². The van der Waals surface area contributed by atoms with Crippen molar-refractivity contribution in [3.63, 3.8) is 0 Å². The third-order valence-corrected chi connectivity index (χ3v) is 3.21. The molecule has 0 N–H and O–H groups in total. The van der Waals surface area contributed by atoms with E-state index in [2.05, 4.69) is 37.9 Å². The van der Waals surface area contributed by atoms with Gasteiger partial charge in [0.25, 0.3) is 0 Å². The molecular weight excluding hydrogens is 332 g/mol. The van der Waals surface area contributed by atoms with E-state index >= 15 is 0 Å². The van der Waals surface area contributed by atoms with Crippen LogP contribution in [-0.2, 0) is 26.9 Å². The van der Waals surface area contributed by atoms with E-state index in [0.717, 1.165) is 0 Å². The van der Waals surface area contributed by atoms with Crippen molar-refractivity contribution in [2.45, 2.75) is 19.3 Å². The topological polar surface area (TPSA) is 78.9 Å². The lowest BCUT2D eigenvalue weighted by molar-refractivity contribution is -0.139. The monoisotopic (exact) mass is 348 g/mol. The van der Waals surface area contributed by atoms with E-state index in [1.807, 2.05) is 0 Å². The van der Waals surface area contributed by atoms with Gasteiger partial charge in [-0.2, -0.15) is 37.9 Å². The number of hydrogen-bond donors (Lipinski definition) is 4. The van der Waals surface area contributed by atoms with Gasteiger partial charge in [0.2, 0.25) is 11.7 Å². The van der Waals surface area contributed by atoms with E-state index in [0.29, 0.717) is 0 Å². The lowest BCUT2D eigenvalue weighted by Gasteiger charge is -2.19. The average Bonchev–Trinajstić information content (AvgIpc) is 2.29. The third kappa shape index (κ3) is 10.3. The van der Waals surface area contributed by atoms with Crippen molar-refractivity contribution in [3.8, 4) is 0 Å². The maximum absolute atomic E-state index is 11.3. The van der Waals surface area contributed by atoms with Gasteiger partial charge in [-0.25, -0.2) is 0 Å². The summed E-state index contributed by atoms with van der Waals surface area (Å²) in [4.78, 5) is 33.8. The molecule has 0 amide bonds. The maximum atomic E-state index is 11.3. The quantitative estimate of drug-likeness (QED) is 0.471. The van der Waals surface area contributed by atoms with Crippen LogP contribution in [0.15, 0.2) is 0 Å². The molecule has 0 heterocycles. The van der Waals surface area contributed by atoms with Crippen LogP contribution in [0.5, 0.6) is 0 Å². The Morgan fingerprint density at radius 1 is 0.684 bits per heavy atom. The molecule has 0 saturated heterocycles. The van der Waals surface area contributed by atoms with Gasteiger partial charge in [0.15, 0.2) is 0 Å². The van der Waals surface area contributed by atoms with Gasteiger partial charge >= 0.3 is 17.9 Å². The molecule has 0 atom stereocenters. The Morgan fingerprint density at radius 2 is 0.947 bits per heavy atom. The number of hydrogen-bond acceptors (Lipinski definition) is 9. The second kappa shape index (κ2) is 11.6. The SMILES string of the molecule is O=C(CCS)O[SH](OC(=O)CCS)OC(=O)CCS. The lowest BCUT2D eigenvalue weighted by atomic mass is 10.5. The highest BCUT2D eigenvalue weighted by Gasteiger charge is 2.19. The highest BCUT2D eigenvalue weighted by Crippen LogP contribution is 2.31. The summed E-state index contributed by atoms with van der Waals surface area (Å²) in [6, 6.07) is 0. The molecule has 6 nitrogen and oxygen atoms in total. The summed E-state index contributed by atoms with van der Waals surface area (Å²) >= 11 is 9.22. The molecule has 0 fully saturated rings. The summed E-state index contributed by atoms with van der Waals surface area (Å²) < 4.78 is 14.3. The smallest absolute Gasteiger partial charge is 0.322 e. The van der Waals surface area contributed by atoms with E-state index in [1.54, 1.807) is 0 Å². The molecule has 0 aromatic carbocycles. The van der Waals surface area contributed by atoms with Crippen molar-refractivity contribution in [3.05, 3.63) is 0 Å². The van der Waals surface area contributed by atoms with E-state index in [-0.39, 0.29) is 36.5 Å². The van der Waals surface area contributed by atoms with Crippen molar-refractivity contribution < 1.29 is 26.9 Å². The predicted octanol–water partition coefficient (Wildman–Crippen LogP) is 1.32. The highest BCUT2D eigenvalue weighted by molar-refractivity contribution is 8.05.